The first-order chi connectivity index (χ1) is 13.0. The van der Waals surface area contributed by atoms with Gasteiger partial charge in [0.05, 0.1) is 7.11 Å². The zero-order chi connectivity index (χ0) is 19.8. The van der Waals surface area contributed by atoms with Crippen LogP contribution in [-0.2, 0) is 20.1 Å². The lowest BCUT2D eigenvalue weighted by Gasteiger charge is -2.23. The Morgan fingerprint density at radius 2 is 2.15 bits per heavy atom. The van der Waals surface area contributed by atoms with Crippen molar-refractivity contribution in [1.29, 1.82) is 0 Å². The topological polar surface area (TPSA) is 67.6 Å². The lowest BCUT2D eigenvalue weighted by molar-refractivity contribution is 0.385. The fourth-order valence-corrected chi connectivity index (χ4v) is 2.58. The Bertz CT molecular complexity index is 774. The lowest BCUT2D eigenvalue weighted by Crippen LogP contribution is -2.39. The van der Waals surface area contributed by atoms with Crippen molar-refractivity contribution in [2.75, 3.05) is 20.7 Å². The molecule has 0 atom stereocenters. The van der Waals surface area contributed by atoms with E-state index in [9.17, 15) is 4.39 Å². The highest BCUT2D eigenvalue weighted by Gasteiger charge is 2.11. The fraction of sp³-hybridized carbons (Fsp3) is 0.526. The molecular formula is C19H29FN6O. The molecule has 1 heterocycles. The number of hydrogen-bond donors (Lipinski definition) is 1. The van der Waals surface area contributed by atoms with Crippen LogP contribution in [0.1, 0.15) is 37.0 Å². The number of ether oxygens (including phenoxy) is 1. The summed E-state index contributed by atoms with van der Waals surface area (Å²) in [6.45, 7) is 5.83. The average molecular weight is 376 g/mol. The van der Waals surface area contributed by atoms with Crippen LogP contribution in [0.5, 0.6) is 5.75 Å². The van der Waals surface area contributed by atoms with Crippen LogP contribution in [0.2, 0.25) is 0 Å². The monoisotopic (exact) mass is 376 g/mol. The number of aromatic nitrogens is 3. The molecule has 0 aliphatic rings. The molecule has 2 aromatic rings. The Kier molecular flexibility index (Phi) is 7.57. The maximum atomic E-state index is 14.0. The molecule has 0 amide bonds. The van der Waals surface area contributed by atoms with Crippen molar-refractivity contribution < 1.29 is 9.13 Å². The maximum absolute atomic E-state index is 14.0. The van der Waals surface area contributed by atoms with E-state index in [4.69, 9.17) is 4.74 Å². The van der Waals surface area contributed by atoms with Gasteiger partial charge in [-0.15, -0.1) is 10.2 Å². The molecule has 0 radical (unpaired) electrons. The third kappa shape index (κ3) is 5.67. The molecule has 7 nitrogen and oxygen atoms in total. The molecule has 0 aliphatic carbocycles. The van der Waals surface area contributed by atoms with Crippen LogP contribution in [0.15, 0.2) is 23.2 Å². The van der Waals surface area contributed by atoms with Crippen LogP contribution in [-0.4, -0.2) is 46.3 Å². The highest BCUT2D eigenvalue weighted by Crippen LogP contribution is 2.18. The van der Waals surface area contributed by atoms with E-state index >= 15 is 0 Å². The molecule has 0 saturated carbocycles. The highest BCUT2D eigenvalue weighted by molar-refractivity contribution is 5.79. The summed E-state index contributed by atoms with van der Waals surface area (Å²) in [5.41, 5.74) is 0.843. The summed E-state index contributed by atoms with van der Waals surface area (Å²) in [4.78, 5) is 6.65. The van der Waals surface area contributed by atoms with Gasteiger partial charge < -0.3 is 19.5 Å². The van der Waals surface area contributed by atoms with Crippen LogP contribution in [0.4, 0.5) is 4.39 Å². The van der Waals surface area contributed by atoms with Gasteiger partial charge in [-0.25, -0.2) is 9.38 Å². The zero-order valence-corrected chi connectivity index (χ0v) is 16.8. The molecular weight excluding hydrogens is 347 g/mol. The number of rotatable bonds is 8. The zero-order valence-electron chi connectivity index (χ0n) is 16.8. The molecule has 1 aromatic heterocycles. The number of hydrogen-bond acceptors (Lipinski definition) is 4. The second kappa shape index (κ2) is 9.89. The van der Waals surface area contributed by atoms with Crippen LogP contribution in [0.25, 0.3) is 0 Å². The molecule has 1 aromatic carbocycles. The normalized spacial score (nSPS) is 11.6. The number of halogens is 1. The van der Waals surface area contributed by atoms with Crippen LogP contribution < -0.4 is 10.1 Å². The molecule has 27 heavy (non-hydrogen) atoms. The Hall–Kier alpha value is -2.64. The average Bonchev–Trinajstić information content (AvgIpc) is 2.96. The van der Waals surface area contributed by atoms with E-state index in [0.29, 0.717) is 13.1 Å². The molecule has 8 heteroatoms. The Balaban J connectivity index is 2.12. The van der Waals surface area contributed by atoms with Gasteiger partial charge in [-0.2, -0.15) is 0 Å². The predicted molar refractivity (Wildman–Crippen MR) is 104 cm³/mol. The SMILES string of the molecule is CCCCNC(=NCc1nnc(C)n1C)N(C)Cc1ccc(OC)c(F)c1. The van der Waals surface area contributed by atoms with Gasteiger partial charge in [-0.3, -0.25) is 0 Å². The van der Waals surface area contributed by atoms with Crippen LogP contribution >= 0.6 is 0 Å². The number of guanidine groups is 1. The molecule has 1 N–H and O–H groups in total. The number of unbranched alkanes of at least 4 members (excludes halogenated alkanes) is 1. The minimum atomic E-state index is -0.365. The summed E-state index contributed by atoms with van der Waals surface area (Å²) in [6.07, 6.45) is 2.14. The van der Waals surface area contributed by atoms with Gasteiger partial charge in [-0.1, -0.05) is 19.4 Å². The minimum Gasteiger partial charge on any atom is -0.494 e. The predicted octanol–water partition coefficient (Wildman–Crippen LogP) is 2.65. The summed E-state index contributed by atoms with van der Waals surface area (Å²) >= 11 is 0. The van der Waals surface area contributed by atoms with Crippen molar-refractivity contribution in [1.82, 2.24) is 25.0 Å². The molecule has 0 spiro atoms. The summed E-state index contributed by atoms with van der Waals surface area (Å²) < 4.78 is 20.9. The van der Waals surface area contributed by atoms with Gasteiger partial charge in [0, 0.05) is 27.2 Å². The summed E-state index contributed by atoms with van der Waals surface area (Å²) in [5, 5.41) is 11.6. The molecule has 0 fully saturated rings. The van der Waals surface area contributed by atoms with Crippen molar-refractivity contribution in [3.05, 3.63) is 41.2 Å². The smallest absolute Gasteiger partial charge is 0.194 e. The van der Waals surface area contributed by atoms with E-state index in [1.807, 2.05) is 36.6 Å². The summed E-state index contributed by atoms with van der Waals surface area (Å²) in [5.74, 6) is 2.28. The molecule has 0 saturated heterocycles. The molecule has 0 aliphatic heterocycles. The third-order valence-corrected chi connectivity index (χ3v) is 4.36. The molecule has 0 bridgehead atoms. The van der Waals surface area contributed by atoms with E-state index in [0.717, 1.165) is 42.6 Å². The van der Waals surface area contributed by atoms with Crippen molar-refractivity contribution in [2.45, 2.75) is 39.8 Å². The standard InChI is InChI=1S/C19H29FN6O/c1-6-7-10-21-19(22-12-18-24-23-14(2)26(18)4)25(3)13-15-8-9-17(27-5)16(20)11-15/h8-9,11H,6-7,10,12-13H2,1-5H3,(H,21,22). The van der Waals surface area contributed by atoms with Crippen molar-refractivity contribution in [3.8, 4) is 5.75 Å². The highest BCUT2D eigenvalue weighted by atomic mass is 19.1. The van der Waals surface area contributed by atoms with E-state index in [1.165, 1.54) is 13.2 Å². The van der Waals surface area contributed by atoms with E-state index < -0.39 is 0 Å². The second-order valence-corrected chi connectivity index (χ2v) is 6.47. The van der Waals surface area contributed by atoms with E-state index in [2.05, 4.69) is 27.4 Å². The molecule has 2 rings (SSSR count). The quantitative estimate of drug-likeness (QED) is 0.436. The second-order valence-electron chi connectivity index (χ2n) is 6.47. The maximum Gasteiger partial charge on any atom is 0.194 e. The number of nitrogens with zero attached hydrogens (tertiary/aromatic N) is 5. The van der Waals surface area contributed by atoms with Gasteiger partial charge >= 0.3 is 0 Å². The molecule has 148 valence electrons. The number of benzene rings is 1. The summed E-state index contributed by atoms with van der Waals surface area (Å²) in [7, 11) is 5.32. The van der Waals surface area contributed by atoms with Gasteiger partial charge in [0.25, 0.3) is 0 Å². The van der Waals surface area contributed by atoms with E-state index in [-0.39, 0.29) is 11.6 Å². The Morgan fingerprint density at radius 1 is 1.37 bits per heavy atom. The van der Waals surface area contributed by atoms with Gasteiger partial charge in [0.1, 0.15) is 12.4 Å². The van der Waals surface area contributed by atoms with Gasteiger partial charge in [-0.05, 0) is 31.0 Å². The van der Waals surface area contributed by atoms with Gasteiger partial charge in [0.15, 0.2) is 23.4 Å². The Labute approximate surface area is 160 Å². The first-order valence-corrected chi connectivity index (χ1v) is 9.13. The minimum absolute atomic E-state index is 0.244. The first-order valence-electron chi connectivity index (χ1n) is 9.13. The number of nitrogens with one attached hydrogen (secondary N) is 1. The fourth-order valence-electron chi connectivity index (χ4n) is 2.58. The van der Waals surface area contributed by atoms with Crippen molar-refractivity contribution >= 4 is 5.96 Å². The van der Waals surface area contributed by atoms with Gasteiger partial charge in [0.2, 0.25) is 0 Å². The Morgan fingerprint density at radius 3 is 2.74 bits per heavy atom. The largest absolute Gasteiger partial charge is 0.494 e. The number of aryl methyl sites for hydroxylation is 1. The molecule has 0 unspecified atom stereocenters. The first kappa shape index (κ1) is 20.7. The lowest BCUT2D eigenvalue weighted by atomic mass is 10.2. The third-order valence-electron chi connectivity index (χ3n) is 4.36. The van der Waals surface area contributed by atoms with Crippen molar-refractivity contribution in [2.24, 2.45) is 12.0 Å². The van der Waals surface area contributed by atoms with Crippen molar-refractivity contribution in [3.63, 3.8) is 0 Å². The number of methoxy groups -OCH3 is 1. The van der Waals surface area contributed by atoms with Crippen LogP contribution in [0.3, 0.4) is 0 Å². The number of aliphatic imine (C=N–C) groups is 1. The van der Waals surface area contributed by atoms with Crippen LogP contribution in [0, 0.1) is 12.7 Å². The summed E-state index contributed by atoms with van der Waals surface area (Å²) in [6, 6.07) is 4.99. The van der Waals surface area contributed by atoms with E-state index in [1.54, 1.807) is 6.07 Å².